The van der Waals surface area contributed by atoms with Gasteiger partial charge in [0.2, 0.25) is 5.91 Å². The van der Waals surface area contributed by atoms with Gasteiger partial charge in [-0.1, -0.05) is 11.6 Å². The lowest BCUT2D eigenvalue weighted by Gasteiger charge is -2.14. The number of carbonyl (C=O) groups is 2. The highest BCUT2D eigenvalue weighted by molar-refractivity contribution is 6.30. The van der Waals surface area contributed by atoms with Crippen molar-refractivity contribution in [3.63, 3.8) is 0 Å². The van der Waals surface area contributed by atoms with E-state index in [2.05, 4.69) is 5.32 Å². The van der Waals surface area contributed by atoms with Crippen LogP contribution in [0.4, 0.5) is 0 Å². The Morgan fingerprint density at radius 3 is 2.53 bits per heavy atom. The van der Waals surface area contributed by atoms with Gasteiger partial charge in [-0.05, 0) is 37.1 Å². The number of rotatable bonds is 6. The maximum absolute atomic E-state index is 11.9. The Bertz CT molecular complexity index is 494. The van der Waals surface area contributed by atoms with Crippen molar-refractivity contribution in [2.75, 3.05) is 0 Å². The molecule has 0 aliphatic carbocycles. The van der Waals surface area contributed by atoms with E-state index in [0.717, 1.165) is 0 Å². The first-order chi connectivity index (χ1) is 9.04. The predicted molar refractivity (Wildman–Crippen MR) is 71.4 cm³/mol. The van der Waals surface area contributed by atoms with E-state index in [9.17, 15) is 9.59 Å². The Morgan fingerprint density at radius 2 is 2.00 bits per heavy atom. The second kappa shape index (κ2) is 7.39. The van der Waals surface area contributed by atoms with Gasteiger partial charge in [-0.2, -0.15) is 5.26 Å². The number of hydrogen-bond acceptors (Lipinski definition) is 3. The van der Waals surface area contributed by atoms with Crippen LogP contribution in [-0.4, -0.2) is 17.9 Å². The standard InChI is InChI=1S/C13H14ClN3O2/c14-10-6-4-9(5-7-10)13(19)17-11(12(16)18)3-1-2-8-15/h4-7,11H,1-3H2,(H2,16,18)(H,17,19)/t11-/m1/s1. The molecule has 5 nitrogen and oxygen atoms in total. The van der Waals surface area contributed by atoms with E-state index in [1.165, 1.54) is 0 Å². The highest BCUT2D eigenvalue weighted by atomic mass is 35.5. The fraction of sp³-hybridized carbons (Fsp3) is 0.308. The molecule has 0 radical (unpaired) electrons. The van der Waals surface area contributed by atoms with Gasteiger partial charge in [0, 0.05) is 17.0 Å². The zero-order valence-electron chi connectivity index (χ0n) is 10.2. The summed E-state index contributed by atoms with van der Waals surface area (Å²) in [5, 5.41) is 11.5. The van der Waals surface area contributed by atoms with Crippen LogP contribution in [0, 0.1) is 11.3 Å². The number of benzene rings is 1. The summed E-state index contributed by atoms with van der Waals surface area (Å²) >= 11 is 5.72. The van der Waals surface area contributed by atoms with E-state index < -0.39 is 17.9 Å². The van der Waals surface area contributed by atoms with Gasteiger partial charge in [0.25, 0.3) is 5.91 Å². The highest BCUT2D eigenvalue weighted by Gasteiger charge is 2.18. The summed E-state index contributed by atoms with van der Waals surface area (Å²) < 4.78 is 0. The third-order valence-electron chi connectivity index (χ3n) is 2.54. The minimum atomic E-state index is -0.767. The number of halogens is 1. The van der Waals surface area contributed by atoms with Crippen molar-refractivity contribution < 1.29 is 9.59 Å². The van der Waals surface area contributed by atoms with Gasteiger partial charge in [-0.3, -0.25) is 9.59 Å². The van der Waals surface area contributed by atoms with E-state index in [1.54, 1.807) is 24.3 Å². The molecule has 0 fully saturated rings. The molecule has 0 unspecified atom stereocenters. The van der Waals surface area contributed by atoms with Crippen LogP contribution < -0.4 is 11.1 Å². The van der Waals surface area contributed by atoms with E-state index in [1.807, 2.05) is 6.07 Å². The molecule has 0 saturated heterocycles. The summed E-state index contributed by atoms with van der Waals surface area (Å²) in [6.07, 6.45) is 1.17. The van der Waals surface area contributed by atoms with Crippen molar-refractivity contribution >= 4 is 23.4 Å². The highest BCUT2D eigenvalue weighted by Crippen LogP contribution is 2.10. The summed E-state index contributed by atoms with van der Waals surface area (Å²) in [5.74, 6) is -1.00. The van der Waals surface area contributed by atoms with Crippen LogP contribution >= 0.6 is 11.6 Å². The Kier molecular flexibility index (Phi) is 5.83. The first-order valence-corrected chi connectivity index (χ1v) is 6.15. The van der Waals surface area contributed by atoms with Crippen molar-refractivity contribution in [3.05, 3.63) is 34.9 Å². The van der Waals surface area contributed by atoms with Gasteiger partial charge in [-0.15, -0.1) is 0 Å². The number of primary amides is 1. The number of nitrogens with one attached hydrogen (secondary N) is 1. The number of nitrogens with two attached hydrogens (primary N) is 1. The number of hydrogen-bond donors (Lipinski definition) is 2. The minimum absolute atomic E-state index is 0.320. The number of carbonyl (C=O) groups excluding carboxylic acids is 2. The molecule has 0 saturated carbocycles. The van der Waals surface area contributed by atoms with E-state index in [0.29, 0.717) is 29.8 Å². The smallest absolute Gasteiger partial charge is 0.251 e. The lowest BCUT2D eigenvalue weighted by Crippen LogP contribution is -2.44. The summed E-state index contributed by atoms with van der Waals surface area (Å²) in [5.41, 5.74) is 5.61. The molecule has 2 amide bonds. The molecule has 0 aromatic heterocycles. The van der Waals surface area contributed by atoms with Gasteiger partial charge in [0.15, 0.2) is 0 Å². The lowest BCUT2D eigenvalue weighted by molar-refractivity contribution is -0.120. The second-order valence-corrected chi connectivity index (χ2v) is 4.42. The van der Waals surface area contributed by atoms with Gasteiger partial charge in [0.05, 0.1) is 6.07 Å². The second-order valence-electron chi connectivity index (χ2n) is 3.99. The molecule has 1 rings (SSSR count). The molecular formula is C13H14ClN3O2. The van der Waals surface area contributed by atoms with Crippen LogP contribution in [0.25, 0.3) is 0 Å². The van der Waals surface area contributed by atoms with Crippen LogP contribution in [0.15, 0.2) is 24.3 Å². The first kappa shape index (κ1) is 15.0. The zero-order valence-corrected chi connectivity index (χ0v) is 11.0. The zero-order chi connectivity index (χ0) is 14.3. The van der Waals surface area contributed by atoms with Gasteiger partial charge in [-0.25, -0.2) is 0 Å². The first-order valence-electron chi connectivity index (χ1n) is 5.77. The van der Waals surface area contributed by atoms with E-state index in [4.69, 9.17) is 22.6 Å². The van der Waals surface area contributed by atoms with Gasteiger partial charge in [0.1, 0.15) is 6.04 Å². The fourth-order valence-corrected chi connectivity index (χ4v) is 1.64. The minimum Gasteiger partial charge on any atom is -0.368 e. The molecule has 1 aromatic carbocycles. The Balaban J connectivity index is 2.63. The number of amides is 2. The fourth-order valence-electron chi connectivity index (χ4n) is 1.51. The van der Waals surface area contributed by atoms with Crippen LogP contribution in [-0.2, 0) is 4.79 Å². The molecule has 0 aliphatic heterocycles. The molecule has 0 aliphatic rings. The molecule has 100 valence electrons. The Labute approximate surface area is 116 Å². The van der Waals surface area contributed by atoms with Gasteiger partial charge >= 0.3 is 0 Å². The molecule has 19 heavy (non-hydrogen) atoms. The normalized spacial score (nSPS) is 11.4. The largest absolute Gasteiger partial charge is 0.368 e. The van der Waals surface area contributed by atoms with Crippen LogP contribution in [0.1, 0.15) is 29.6 Å². The molecule has 1 atom stereocenters. The summed E-state index contributed by atoms with van der Waals surface area (Å²) in [7, 11) is 0. The molecule has 6 heteroatoms. The summed E-state index contributed by atoms with van der Waals surface area (Å²) in [4.78, 5) is 23.1. The third kappa shape index (κ3) is 4.98. The van der Waals surface area contributed by atoms with E-state index >= 15 is 0 Å². The molecule has 3 N–H and O–H groups in total. The summed E-state index contributed by atoms with van der Waals surface area (Å²) in [6, 6.07) is 7.51. The monoisotopic (exact) mass is 279 g/mol. The van der Waals surface area contributed by atoms with E-state index in [-0.39, 0.29) is 0 Å². The van der Waals surface area contributed by atoms with Crippen molar-refractivity contribution in [1.82, 2.24) is 5.32 Å². The summed E-state index contributed by atoms with van der Waals surface area (Å²) in [6.45, 7) is 0. The lowest BCUT2D eigenvalue weighted by atomic mass is 10.1. The topological polar surface area (TPSA) is 96.0 Å². The Hall–Kier alpha value is -2.06. The van der Waals surface area contributed by atoms with Crippen molar-refractivity contribution in [1.29, 1.82) is 5.26 Å². The molecule has 0 bridgehead atoms. The average Bonchev–Trinajstić information content (AvgIpc) is 2.38. The van der Waals surface area contributed by atoms with Crippen molar-refractivity contribution in [3.8, 4) is 6.07 Å². The molecule has 1 aromatic rings. The van der Waals surface area contributed by atoms with Crippen molar-refractivity contribution in [2.45, 2.75) is 25.3 Å². The molecule has 0 spiro atoms. The number of nitrogens with zero attached hydrogens (tertiary/aromatic N) is 1. The maximum Gasteiger partial charge on any atom is 0.251 e. The SMILES string of the molecule is N#CCCC[C@@H](NC(=O)c1ccc(Cl)cc1)C(N)=O. The van der Waals surface area contributed by atoms with Crippen LogP contribution in [0.2, 0.25) is 5.02 Å². The van der Waals surface area contributed by atoms with Crippen LogP contribution in [0.5, 0.6) is 0 Å². The van der Waals surface area contributed by atoms with Crippen molar-refractivity contribution in [2.24, 2.45) is 5.73 Å². The maximum atomic E-state index is 11.9. The average molecular weight is 280 g/mol. The van der Waals surface area contributed by atoms with Gasteiger partial charge < -0.3 is 11.1 Å². The Morgan fingerprint density at radius 1 is 1.37 bits per heavy atom. The quantitative estimate of drug-likeness (QED) is 0.774. The third-order valence-corrected chi connectivity index (χ3v) is 2.79. The number of nitriles is 1. The number of unbranched alkanes of at least 4 members (excludes halogenated alkanes) is 1. The predicted octanol–water partition coefficient (Wildman–Crippen LogP) is 1.62. The molecular weight excluding hydrogens is 266 g/mol. The molecule has 0 heterocycles. The van der Waals surface area contributed by atoms with Crippen LogP contribution in [0.3, 0.4) is 0 Å².